The van der Waals surface area contributed by atoms with Crippen molar-refractivity contribution in [1.82, 2.24) is 9.13 Å². The molecule has 2 aromatic heterocycles. The molecule has 0 radical (unpaired) electrons. The minimum absolute atomic E-state index is 0.238. The number of fused-ring (bicyclic) bond motifs is 1. The van der Waals surface area contributed by atoms with Crippen molar-refractivity contribution >= 4 is 74.5 Å². The average Bonchev–Trinajstić information content (AvgIpc) is 2.98. The molecular weight excluding hydrogens is 788 g/mol. The van der Waals surface area contributed by atoms with Gasteiger partial charge in [-0.05, 0) is 70.8 Å². The molecule has 6 rings (SSSR count). The number of hydrogen-bond acceptors (Lipinski definition) is 2. The third-order valence-corrected chi connectivity index (χ3v) is 9.55. The van der Waals surface area contributed by atoms with Crippen LogP contribution in [0.4, 0.5) is 0 Å². The first-order valence-corrected chi connectivity index (χ1v) is 16.2. The predicted octanol–water partition coefficient (Wildman–Crippen LogP) is 9.96. The molecule has 0 unspecified atom stereocenters. The molecule has 0 aliphatic heterocycles. The standard InChI is InChI=1S/C34H22Br4N2O2/c1-39-31(21-7-15-25(37)16-8-21)27(19-3-11-23(35)12-4-19)30-29(33(39)41)28(20-5-13-24(36)14-6-20)32(40(2)34(30)42)22-9-17-26(38)18-10-22/h3-18H,1-2H3. The smallest absolute Gasteiger partial charge is 0.259 e. The lowest BCUT2D eigenvalue weighted by Crippen LogP contribution is -2.28. The predicted molar refractivity (Wildman–Crippen MR) is 187 cm³/mol. The van der Waals surface area contributed by atoms with E-state index in [0.29, 0.717) is 33.3 Å². The zero-order valence-corrected chi connectivity index (χ0v) is 28.8. The Morgan fingerprint density at radius 1 is 0.405 bits per heavy atom. The summed E-state index contributed by atoms with van der Waals surface area (Å²) in [6.45, 7) is 0. The van der Waals surface area contributed by atoms with Gasteiger partial charge in [0.1, 0.15) is 0 Å². The minimum atomic E-state index is -0.238. The molecule has 0 N–H and O–H groups in total. The Kier molecular flexibility index (Phi) is 8.00. The third kappa shape index (κ3) is 5.08. The van der Waals surface area contributed by atoms with Crippen molar-refractivity contribution in [2.75, 3.05) is 0 Å². The quantitative estimate of drug-likeness (QED) is 0.178. The van der Waals surface area contributed by atoms with Crippen LogP contribution >= 0.6 is 63.7 Å². The van der Waals surface area contributed by atoms with Gasteiger partial charge in [-0.1, -0.05) is 112 Å². The van der Waals surface area contributed by atoms with Gasteiger partial charge in [0.05, 0.1) is 22.2 Å². The second-order valence-corrected chi connectivity index (χ2v) is 13.6. The van der Waals surface area contributed by atoms with Gasteiger partial charge in [0.15, 0.2) is 0 Å². The van der Waals surface area contributed by atoms with E-state index < -0.39 is 0 Å². The van der Waals surface area contributed by atoms with E-state index in [4.69, 9.17) is 0 Å². The summed E-state index contributed by atoms with van der Waals surface area (Å²) in [6, 6.07) is 31.3. The van der Waals surface area contributed by atoms with Crippen LogP contribution in [0.1, 0.15) is 0 Å². The second-order valence-electron chi connectivity index (χ2n) is 9.95. The van der Waals surface area contributed by atoms with Gasteiger partial charge in [-0.3, -0.25) is 9.59 Å². The number of hydrogen-bond donors (Lipinski definition) is 0. The number of aromatic nitrogens is 2. The van der Waals surface area contributed by atoms with Gasteiger partial charge >= 0.3 is 0 Å². The molecule has 4 aromatic carbocycles. The Morgan fingerprint density at radius 2 is 0.643 bits per heavy atom. The maximum atomic E-state index is 14.6. The third-order valence-electron chi connectivity index (χ3n) is 7.43. The van der Waals surface area contributed by atoms with Crippen LogP contribution in [0, 0.1) is 0 Å². The molecule has 42 heavy (non-hydrogen) atoms. The molecule has 0 aliphatic rings. The molecule has 0 saturated carbocycles. The molecule has 0 atom stereocenters. The van der Waals surface area contributed by atoms with E-state index in [1.807, 2.05) is 97.1 Å². The molecule has 0 aliphatic carbocycles. The summed E-state index contributed by atoms with van der Waals surface area (Å²) in [5.74, 6) is 0. The van der Waals surface area contributed by atoms with E-state index in [1.165, 1.54) is 0 Å². The van der Waals surface area contributed by atoms with E-state index in [2.05, 4.69) is 63.7 Å². The SMILES string of the molecule is Cn1c(-c2ccc(Br)cc2)c(-c2ccc(Br)cc2)c2c(=O)n(C)c(-c3ccc(Br)cc3)c(-c3ccc(Br)cc3)c2c1=O. The van der Waals surface area contributed by atoms with E-state index in [0.717, 1.165) is 40.1 Å². The Hall–Kier alpha value is -3.04. The summed E-state index contributed by atoms with van der Waals surface area (Å²) >= 11 is 14.1. The fourth-order valence-electron chi connectivity index (χ4n) is 5.48. The topological polar surface area (TPSA) is 44.0 Å². The highest BCUT2D eigenvalue weighted by molar-refractivity contribution is 9.11. The van der Waals surface area contributed by atoms with Crippen molar-refractivity contribution in [2.45, 2.75) is 0 Å². The zero-order chi connectivity index (χ0) is 29.7. The van der Waals surface area contributed by atoms with Crippen molar-refractivity contribution < 1.29 is 0 Å². The van der Waals surface area contributed by atoms with E-state index >= 15 is 0 Å². The Bertz CT molecular complexity index is 1940. The van der Waals surface area contributed by atoms with E-state index in [-0.39, 0.29) is 11.1 Å². The number of rotatable bonds is 4. The molecule has 8 heteroatoms. The number of pyridine rings is 2. The van der Waals surface area contributed by atoms with Crippen LogP contribution in [0.25, 0.3) is 55.5 Å². The molecular formula is C34H22Br4N2O2. The average molecular weight is 810 g/mol. The zero-order valence-electron chi connectivity index (χ0n) is 22.5. The lowest BCUT2D eigenvalue weighted by atomic mass is 9.89. The summed E-state index contributed by atoms with van der Waals surface area (Å²) in [6.07, 6.45) is 0. The van der Waals surface area contributed by atoms with Crippen molar-refractivity contribution in [3.05, 3.63) is 136 Å². The van der Waals surface area contributed by atoms with Gasteiger partial charge in [-0.25, -0.2) is 0 Å². The van der Waals surface area contributed by atoms with Crippen LogP contribution in [0.2, 0.25) is 0 Å². The second kappa shape index (κ2) is 11.6. The molecule has 6 aromatic rings. The van der Waals surface area contributed by atoms with Gasteiger partial charge in [0, 0.05) is 43.1 Å². The maximum Gasteiger partial charge on any atom is 0.259 e. The first kappa shape index (κ1) is 29.1. The van der Waals surface area contributed by atoms with Crippen LogP contribution in [0.5, 0.6) is 0 Å². The van der Waals surface area contributed by atoms with Crippen molar-refractivity contribution in [3.8, 4) is 44.8 Å². The Labute approximate surface area is 276 Å². The van der Waals surface area contributed by atoms with Gasteiger partial charge in [0.2, 0.25) is 0 Å². The van der Waals surface area contributed by atoms with E-state index in [1.54, 1.807) is 23.2 Å². The first-order chi connectivity index (χ1) is 20.2. The van der Waals surface area contributed by atoms with Crippen LogP contribution in [-0.4, -0.2) is 9.13 Å². The van der Waals surface area contributed by atoms with E-state index in [9.17, 15) is 9.59 Å². The van der Waals surface area contributed by atoms with Gasteiger partial charge in [-0.15, -0.1) is 0 Å². The molecule has 2 heterocycles. The Morgan fingerprint density at radius 3 is 0.905 bits per heavy atom. The van der Waals surface area contributed by atoms with Gasteiger partial charge in [-0.2, -0.15) is 0 Å². The lowest BCUT2D eigenvalue weighted by molar-refractivity contribution is 0.867. The highest BCUT2D eigenvalue weighted by Crippen LogP contribution is 2.42. The van der Waals surface area contributed by atoms with Crippen molar-refractivity contribution in [1.29, 1.82) is 0 Å². The largest absolute Gasteiger partial charge is 0.310 e. The fraction of sp³-hybridized carbons (Fsp3) is 0.0588. The van der Waals surface area contributed by atoms with Crippen molar-refractivity contribution in [3.63, 3.8) is 0 Å². The molecule has 0 spiro atoms. The molecule has 0 fully saturated rings. The normalized spacial score (nSPS) is 11.3. The summed E-state index contributed by atoms with van der Waals surface area (Å²) < 4.78 is 7.05. The number of benzene rings is 4. The molecule has 0 bridgehead atoms. The van der Waals surface area contributed by atoms with Crippen LogP contribution in [0.15, 0.2) is 125 Å². The summed E-state index contributed by atoms with van der Waals surface area (Å²) in [5, 5.41) is 0.777. The number of halogens is 4. The van der Waals surface area contributed by atoms with Gasteiger partial charge < -0.3 is 9.13 Å². The number of nitrogens with zero attached hydrogens (tertiary/aromatic N) is 2. The van der Waals surface area contributed by atoms with Crippen LogP contribution < -0.4 is 11.1 Å². The minimum Gasteiger partial charge on any atom is -0.310 e. The lowest BCUT2D eigenvalue weighted by Gasteiger charge is -2.23. The molecule has 0 amide bonds. The first-order valence-electron chi connectivity index (χ1n) is 13.0. The monoisotopic (exact) mass is 806 g/mol. The summed E-state index contributed by atoms with van der Waals surface area (Å²) in [5.41, 5.74) is 5.65. The van der Waals surface area contributed by atoms with Crippen LogP contribution in [-0.2, 0) is 14.1 Å². The Balaban J connectivity index is 1.89. The van der Waals surface area contributed by atoms with Crippen LogP contribution in [0.3, 0.4) is 0 Å². The summed E-state index contributed by atoms with van der Waals surface area (Å²) in [4.78, 5) is 29.1. The molecule has 4 nitrogen and oxygen atoms in total. The maximum absolute atomic E-state index is 14.6. The molecule has 0 saturated heterocycles. The molecule has 208 valence electrons. The van der Waals surface area contributed by atoms with Gasteiger partial charge in [0.25, 0.3) is 11.1 Å². The fourth-order valence-corrected chi connectivity index (χ4v) is 6.53. The highest BCUT2D eigenvalue weighted by Gasteiger charge is 2.27. The highest BCUT2D eigenvalue weighted by atomic mass is 79.9. The van der Waals surface area contributed by atoms with Crippen molar-refractivity contribution in [2.24, 2.45) is 14.1 Å². The summed E-state index contributed by atoms with van der Waals surface area (Å²) in [7, 11) is 3.56.